The number of nitrogens with zero attached hydrogens (tertiary/aromatic N) is 3. The van der Waals surface area contributed by atoms with Crippen LogP contribution in [0.4, 0.5) is 0 Å². The van der Waals surface area contributed by atoms with E-state index in [0.29, 0.717) is 19.5 Å². The largest absolute Gasteiger partial charge is 0.392 e. The molecule has 0 bridgehead atoms. The van der Waals surface area contributed by atoms with Gasteiger partial charge in [-0.3, -0.25) is 4.90 Å². The highest BCUT2D eigenvalue weighted by Crippen LogP contribution is 2.15. The number of aliphatic hydroxyl groups excluding tert-OH is 2. The summed E-state index contributed by atoms with van der Waals surface area (Å²) in [7, 11) is 0. The molecule has 106 valence electrons. The Balaban J connectivity index is 1.66. The summed E-state index contributed by atoms with van der Waals surface area (Å²) >= 11 is 0. The first-order chi connectivity index (χ1) is 9.70. The van der Waals surface area contributed by atoms with E-state index in [4.69, 9.17) is 0 Å². The van der Waals surface area contributed by atoms with Gasteiger partial charge >= 0.3 is 0 Å². The molecule has 0 aliphatic carbocycles. The summed E-state index contributed by atoms with van der Waals surface area (Å²) < 4.78 is 1.96. The molecule has 0 radical (unpaired) electrons. The standard InChI is InChI=1S/C15H19N3O2/c19-14-7-15(20)10-17(9-14)8-12-1-3-13(4-2-12)18-6-5-16-11-18/h1-6,11,14-15,19-20H,7-10H2/t14-,15-/m1/s1. The zero-order valence-electron chi connectivity index (χ0n) is 11.3. The predicted molar refractivity (Wildman–Crippen MR) is 75.5 cm³/mol. The van der Waals surface area contributed by atoms with Crippen LogP contribution in [-0.2, 0) is 6.54 Å². The van der Waals surface area contributed by atoms with Crippen molar-refractivity contribution in [3.63, 3.8) is 0 Å². The highest BCUT2D eigenvalue weighted by molar-refractivity contribution is 5.34. The zero-order valence-corrected chi connectivity index (χ0v) is 11.3. The molecular weight excluding hydrogens is 254 g/mol. The van der Waals surface area contributed by atoms with Crippen molar-refractivity contribution in [1.82, 2.24) is 14.5 Å². The lowest BCUT2D eigenvalue weighted by Gasteiger charge is -2.33. The third-order valence-electron chi connectivity index (χ3n) is 3.63. The molecule has 2 atom stereocenters. The molecule has 2 aromatic rings. The van der Waals surface area contributed by atoms with Crippen molar-refractivity contribution in [3.8, 4) is 5.69 Å². The molecule has 0 amide bonds. The molecule has 2 heterocycles. The maximum Gasteiger partial charge on any atom is 0.0991 e. The molecule has 3 rings (SSSR count). The number of rotatable bonds is 3. The number of benzene rings is 1. The lowest BCUT2D eigenvalue weighted by Crippen LogP contribution is -2.45. The van der Waals surface area contributed by atoms with Gasteiger partial charge in [0.2, 0.25) is 0 Å². The average Bonchev–Trinajstić information content (AvgIpc) is 2.92. The minimum atomic E-state index is -0.427. The topological polar surface area (TPSA) is 61.5 Å². The third-order valence-corrected chi connectivity index (χ3v) is 3.63. The molecule has 1 aromatic heterocycles. The Bertz CT molecular complexity index is 529. The SMILES string of the molecule is O[C@@H]1C[C@@H](O)CN(Cc2ccc(-n3ccnc3)cc2)C1. The lowest BCUT2D eigenvalue weighted by molar-refractivity contribution is -0.0110. The number of aliphatic hydroxyl groups is 2. The minimum Gasteiger partial charge on any atom is -0.392 e. The molecule has 0 saturated carbocycles. The summed E-state index contributed by atoms with van der Waals surface area (Å²) in [6.45, 7) is 2.00. The van der Waals surface area contributed by atoms with Gasteiger partial charge in [-0.2, -0.15) is 0 Å². The second kappa shape index (κ2) is 5.75. The van der Waals surface area contributed by atoms with Crippen molar-refractivity contribution >= 4 is 0 Å². The maximum atomic E-state index is 9.69. The zero-order chi connectivity index (χ0) is 13.9. The fraction of sp³-hybridized carbons (Fsp3) is 0.400. The number of likely N-dealkylation sites (tertiary alicyclic amines) is 1. The Hall–Kier alpha value is -1.69. The summed E-state index contributed by atoms with van der Waals surface area (Å²) in [5.74, 6) is 0. The van der Waals surface area contributed by atoms with Gasteiger partial charge in [-0.05, 0) is 17.7 Å². The summed E-state index contributed by atoms with van der Waals surface area (Å²) in [5.41, 5.74) is 2.25. The molecule has 1 saturated heterocycles. The van der Waals surface area contributed by atoms with Gasteiger partial charge in [-0.25, -0.2) is 4.98 Å². The van der Waals surface area contributed by atoms with Gasteiger partial charge in [0, 0.05) is 44.1 Å². The summed E-state index contributed by atoms with van der Waals surface area (Å²) in [4.78, 5) is 6.12. The van der Waals surface area contributed by atoms with Crippen LogP contribution in [-0.4, -0.2) is 50.0 Å². The number of hydrogen-bond acceptors (Lipinski definition) is 4. The van der Waals surface area contributed by atoms with Gasteiger partial charge in [0.1, 0.15) is 0 Å². The van der Waals surface area contributed by atoms with Crippen molar-refractivity contribution in [3.05, 3.63) is 48.5 Å². The lowest BCUT2D eigenvalue weighted by atomic mass is 10.0. The number of aromatic nitrogens is 2. The molecule has 1 aliphatic rings. The van der Waals surface area contributed by atoms with E-state index in [0.717, 1.165) is 12.2 Å². The Kier molecular flexibility index (Phi) is 3.82. The fourth-order valence-corrected chi connectivity index (χ4v) is 2.71. The van der Waals surface area contributed by atoms with E-state index < -0.39 is 12.2 Å². The number of imidazole rings is 1. The van der Waals surface area contributed by atoms with E-state index in [1.165, 1.54) is 5.56 Å². The van der Waals surface area contributed by atoms with E-state index in [1.807, 2.05) is 22.9 Å². The second-order valence-corrected chi connectivity index (χ2v) is 5.37. The minimum absolute atomic E-state index is 0.427. The molecule has 2 N–H and O–H groups in total. The van der Waals surface area contributed by atoms with Gasteiger partial charge in [0.05, 0.1) is 18.5 Å². The van der Waals surface area contributed by atoms with Crippen LogP contribution < -0.4 is 0 Å². The first-order valence-electron chi connectivity index (χ1n) is 6.86. The summed E-state index contributed by atoms with van der Waals surface area (Å²) in [6, 6.07) is 8.24. The summed E-state index contributed by atoms with van der Waals surface area (Å²) in [6.07, 6.45) is 5.06. The van der Waals surface area contributed by atoms with E-state index in [9.17, 15) is 10.2 Å². The molecule has 0 spiro atoms. The molecular formula is C15H19N3O2. The highest BCUT2D eigenvalue weighted by Gasteiger charge is 2.24. The smallest absolute Gasteiger partial charge is 0.0991 e. The molecule has 5 nitrogen and oxygen atoms in total. The quantitative estimate of drug-likeness (QED) is 0.868. The molecule has 1 fully saturated rings. The Morgan fingerprint density at radius 1 is 1.10 bits per heavy atom. The van der Waals surface area contributed by atoms with Gasteiger partial charge < -0.3 is 14.8 Å². The van der Waals surface area contributed by atoms with E-state index in [1.54, 1.807) is 12.5 Å². The first-order valence-corrected chi connectivity index (χ1v) is 6.86. The molecule has 5 heteroatoms. The van der Waals surface area contributed by atoms with Gasteiger partial charge in [0.25, 0.3) is 0 Å². The van der Waals surface area contributed by atoms with E-state index in [2.05, 4.69) is 22.0 Å². The van der Waals surface area contributed by atoms with Crippen LogP contribution in [0.5, 0.6) is 0 Å². The third kappa shape index (κ3) is 3.07. The molecule has 0 unspecified atom stereocenters. The number of piperidine rings is 1. The summed E-state index contributed by atoms with van der Waals surface area (Å²) in [5, 5.41) is 19.4. The monoisotopic (exact) mass is 273 g/mol. The van der Waals surface area contributed by atoms with Gasteiger partial charge in [-0.15, -0.1) is 0 Å². The van der Waals surface area contributed by atoms with Crippen LogP contribution in [0.15, 0.2) is 43.0 Å². The van der Waals surface area contributed by atoms with Crippen LogP contribution in [0.3, 0.4) is 0 Å². The molecule has 1 aromatic carbocycles. The van der Waals surface area contributed by atoms with Gasteiger partial charge in [-0.1, -0.05) is 12.1 Å². The Labute approximate surface area is 118 Å². The first kappa shape index (κ1) is 13.3. The molecule has 1 aliphatic heterocycles. The van der Waals surface area contributed by atoms with Crippen molar-refractivity contribution in [2.45, 2.75) is 25.2 Å². The number of hydrogen-bond donors (Lipinski definition) is 2. The highest BCUT2D eigenvalue weighted by atomic mass is 16.3. The van der Waals surface area contributed by atoms with Crippen molar-refractivity contribution in [1.29, 1.82) is 0 Å². The van der Waals surface area contributed by atoms with Crippen molar-refractivity contribution < 1.29 is 10.2 Å². The van der Waals surface area contributed by atoms with Crippen molar-refractivity contribution in [2.75, 3.05) is 13.1 Å². The molecule has 20 heavy (non-hydrogen) atoms. The predicted octanol–water partition coefficient (Wildman–Crippen LogP) is 0.800. The van der Waals surface area contributed by atoms with Crippen LogP contribution in [0, 0.1) is 0 Å². The normalized spacial score (nSPS) is 23.9. The number of β-amino-alcohol motifs (C(OH)–C–C–N with tert-alkyl or cyclic N) is 2. The Morgan fingerprint density at radius 2 is 1.80 bits per heavy atom. The maximum absolute atomic E-state index is 9.69. The van der Waals surface area contributed by atoms with Crippen LogP contribution in [0.2, 0.25) is 0 Å². The van der Waals surface area contributed by atoms with Crippen molar-refractivity contribution in [2.24, 2.45) is 0 Å². The van der Waals surface area contributed by atoms with Crippen LogP contribution in [0.25, 0.3) is 5.69 Å². The Morgan fingerprint density at radius 3 is 2.40 bits per heavy atom. The van der Waals surface area contributed by atoms with Gasteiger partial charge in [0.15, 0.2) is 0 Å². The van der Waals surface area contributed by atoms with E-state index >= 15 is 0 Å². The second-order valence-electron chi connectivity index (χ2n) is 5.37. The fourth-order valence-electron chi connectivity index (χ4n) is 2.71. The van der Waals surface area contributed by atoms with E-state index in [-0.39, 0.29) is 0 Å². The van der Waals surface area contributed by atoms with Crippen LogP contribution in [0.1, 0.15) is 12.0 Å². The van der Waals surface area contributed by atoms with Crippen LogP contribution >= 0.6 is 0 Å². The average molecular weight is 273 g/mol.